The van der Waals surface area contributed by atoms with E-state index >= 15 is 0 Å². The van der Waals surface area contributed by atoms with Gasteiger partial charge in [0.1, 0.15) is 0 Å². The molecule has 1 aliphatic heterocycles. The monoisotopic (exact) mass is 474 g/mol. The van der Waals surface area contributed by atoms with E-state index in [2.05, 4.69) is 45.7 Å². The topological polar surface area (TPSA) is 89.6 Å². The number of piperazine rings is 1. The fraction of sp³-hybridized carbons (Fsp3) is 0.370. The van der Waals surface area contributed by atoms with Gasteiger partial charge in [-0.1, -0.05) is 50.2 Å². The number of aromatic nitrogens is 1. The Morgan fingerprint density at radius 3 is 2.43 bits per heavy atom. The first-order chi connectivity index (χ1) is 16.9. The van der Waals surface area contributed by atoms with Crippen molar-refractivity contribution in [3.8, 4) is 0 Å². The van der Waals surface area contributed by atoms with Gasteiger partial charge in [-0.25, -0.2) is 9.59 Å². The number of para-hydroxylation sites is 2. The van der Waals surface area contributed by atoms with Crippen LogP contribution in [0.15, 0.2) is 54.6 Å². The fourth-order valence-electron chi connectivity index (χ4n) is 4.39. The summed E-state index contributed by atoms with van der Waals surface area (Å²) in [5.41, 5.74) is 4.48. The van der Waals surface area contributed by atoms with E-state index in [0.717, 1.165) is 53.2 Å². The quantitative estimate of drug-likeness (QED) is 0.486. The molecule has 1 aliphatic rings. The predicted octanol–water partition coefficient (Wildman–Crippen LogP) is 4.64. The molecule has 2 heterocycles. The van der Waals surface area contributed by atoms with Crippen molar-refractivity contribution in [2.75, 3.05) is 49.9 Å². The molecule has 1 fully saturated rings. The van der Waals surface area contributed by atoms with Crippen LogP contribution in [0.3, 0.4) is 0 Å². The summed E-state index contributed by atoms with van der Waals surface area (Å²) in [6, 6.07) is 17.3. The molecule has 0 aliphatic carbocycles. The fourth-order valence-corrected chi connectivity index (χ4v) is 4.39. The van der Waals surface area contributed by atoms with Crippen LogP contribution in [0.5, 0.6) is 0 Å². The van der Waals surface area contributed by atoms with Crippen molar-refractivity contribution < 1.29 is 9.59 Å². The number of benzene rings is 2. The molecular weight excluding hydrogens is 440 g/mol. The molecule has 0 saturated carbocycles. The van der Waals surface area contributed by atoms with E-state index in [0.29, 0.717) is 25.6 Å². The minimum atomic E-state index is -0.234. The van der Waals surface area contributed by atoms with Gasteiger partial charge in [-0.2, -0.15) is 0 Å². The summed E-state index contributed by atoms with van der Waals surface area (Å²) in [6.45, 7) is 10.3. The molecule has 0 atom stereocenters. The zero-order chi connectivity index (χ0) is 24.8. The molecule has 0 unspecified atom stereocenters. The Hall–Kier alpha value is -3.65. The van der Waals surface area contributed by atoms with Crippen LogP contribution in [0.1, 0.15) is 31.0 Å². The molecule has 1 aromatic heterocycles. The number of hydrogen-bond acceptors (Lipinski definition) is 4. The third kappa shape index (κ3) is 6.27. The SMILES string of the molecule is Cc1cc(NC(=O)NCCN2CCN(C(=O)Nc3ccccc3C(C)C)CC2)c2ccccc2n1. The molecule has 8 nitrogen and oxygen atoms in total. The lowest BCUT2D eigenvalue weighted by Gasteiger charge is -2.34. The van der Waals surface area contributed by atoms with Crippen molar-refractivity contribution in [1.82, 2.24) is 20.1 Å². The van der Waals surface area contributed by atoms with Crippen LogP contribution in [0.25, 0.3) is 10.9 Å². The average molecular weight is 475 g/mol. The summed E-state index contributed by atoms with van der Waals surface area (Å²) < 4.78 is 0. The van der Waals surface area contributed by atoms with Crippen molar-refractivity contribution in [2.45, 2.75) is 26.7 Å². The molecule has 184 valence electrons. The second kappa shape index (κ2) is 11.2. The van der Waals surface area contributed by atoms with Crippen LogP contribution in [-0.2, 0) is 0 Å². The zero-order valence-corrected chi connectivity index (χ0v) is 20.7. The Morgan fingerprint density at radius 1 is 0.943 bits per heavy atom. The van der Waals surface area contributed by atoms with Gasteiger partial charge in [-0.05, 0) is 36.6 Å². The third-order valence-electron chi connectivity index (χ3n) is 6.29. The van der Waals surface area contributed by atoms with Gasteiger partial charge >= 0.3 is 12.1 Å². The summed E-state index contributed by atoms with van der Waals surface area (Å²) in [5.74, 6) is 0.342. The Morgan fingerprint density at radius 2 is 1.66 bits per heavy atom. The van der Waals surface area contributed by atoms with Gasteiger partial charge in [0, 0.05) is 56.0 Å². The lowest BCUT2D eigenvalue weighted by Crippen LogP contribution is -2.51. The number of pyridine rings is 1. The van der Waals surface area contributed by atoms with Crippen LogP contribution < -0.4 is 16.0 Å². The van der Waals surface area contributed by atoms with E-state index < -0.39 is 0 Å². The number of nitrogens with zero attached hydrogens (tertiary/aromatic N) is 3. The van der Waals surface area contributed by atoms with E-state index in [1.807, 2.05) is 60.4 Å². The number of urea groups is 2. The molecule has 2 aromatic carbocycles. The van der Waals surface area contributed by atoms with E-state index in [4.69, 9.17) is 0 Å². The van der Waals surface area contributed by atoms with Crippen LogP contribution in [-0.4, -0.2) is 66.1 Å². The van der Waals surface area contributed by atoms with Gasteiger partial charge in [-0.15, -0.1) is 0 Å². The normalized spacial score (nSPS) is 14.2. The van der Waals surface area contributed by atoms with E-state index in [1.165, 1.54) is 0 Å². The minimum absolute atomic E-state index is 0.0601. The molecule has 1 saturated heterocycles. The van der Waals surface area contributed by atoms with Crippen molar-refractivity contribution >= 4 is 34.3 Å². The first-order valence-electron chi connectivity index (χ1n) is 12.2. The molecule has 3 aromatic rings. The number of amides is 4. The number of hydrogen-bond donors (Lipinski definition) is 3. The largest absolute Gasteiger partial charge is 0.337 e. The summed E-state index contributed by atoms with van der Waals surface area (Å²) in [7, 11) is 0. The molecule has 8 heteroatoms. The molecule has 35 heavy (non-hydrogen) atoms. The zero-order valence-electron chi connectivity index (χ0n) is 20.7. The summed E-state index contributed by atoms with van der Waals surface area (Å²) in [6.07, 6.45) is 0. The maximum atomic E-state index is 12.8. The number of nitrogens with one attached hydrogen (secondary N) is 3. The highest BCUT2D eigenvalue weighted by molar-refractivity contribution is 6.00. The van der Waals surface area contributed by atoms with Gasteiger partial charge in [0.2, 0.25) is 0 Å². The first kappa shape index (κ1) is 24.5. The maximum absolute atomic E-state index is 12.8. The Balaban J connectivity index is 1.21. The van der Waals surface area contributed by atoms with Crippen molar-refractivity contribution in [2.24, 2.45) is 0 Å². The number of rotatable bonds is 6. The Kier molecular flexibility index (Phi) is 7.82. The van der Waals surface area contributed by atoms with Crippen molar-refractivity contribution in [1.29, 1.82) is 0 Å². The molecule has 0 bridgehead atoms. The molecule has 0 spiro atoms. The van der Waals surface area contributed by atoms with E-state index in [1.54, 1.807) is 0 Å². The molecule has 3 N–H and O–H groups in total. The van der Waals surface area contributed by atoms with Crippen LogP contribution in [0, 0.1) is 6.92 Å². The summed E-state index contributed by atoms with van der Waals surface area (Å²) >= 11 is 0. The molecular formula is C27H34N6O2. The maximum Gasteiger partial charge on any atom is 0.321 e. The Bertz CT molecular complexity index is 1190. The number of anilines is 2. The second-order valence-corrected chi connectivity index (χ2v) is 9.21. The van der Waals surface area contributed by atoms with Gasteiger partial charge in [0.25, 0.3) is 0 Å². The first-order valence-corrected chi connectivity index (χ1v) is 12.2. The van der Waals surface area contributed by atoms with E-state index in [9.17, 15) is 9.59 Å². The minimum Gasteiger partial charge on any atom is -0.337 e. The summed E-state index contributed by atoms with van der Waals surface area (Å²) in [4.78, 5) is 33.9. The van der Waals surface area contributed by atoms with Gasteiger partial charge in [0.05, 0.1) is 11.2 Å². The Labute approximate surface area is 206 Å². The number of fused-ring (bicyclic) bond motifs is 1. The molecule has 0 radical (unpaired) electrons. The van der Waals surface area contributed by atoms with Crippen LogP contribution in [0.2, 0.25) is 0 Å². The highest BCUT2D eigenvalue weighted by atomic mass is 16.2. The summed E-state index contributed by atoms with van der Waals surface area (Å²) in [5, 5.41) is 9.88. The number of aryl methyl sites for hydroxylation is 1. The molecule has 4 amide bonds. The smallest absolute Gasteiger partial charge is 0.321 e. The molecule has 4 rings (SSSR count). The van der Waals surface area contributed by atoms with Crippen molar-refractivity contribution in [3.63, 3.8) is 0 Å². The predicted molar refractivity (Wildman–Crippen MR) is 141 cm³/mol. The highest BCUT2D eigenvalue weighted by Gasteiger charge is 2.22. The number of carbonyl (C=O) groups excluding carboxylic acids is 2. The standard InChI is InChI=1S/C27H34N6O2/c1-19(2)21-8-4-6-10-23(21)31-27(35)33-16-14-32(15-17-33)13-12-28-26(34)30-25-18-20(3)29-24-11-7-5-9-22(24)25/h4-11,18-19H,12-17H2,1-3H3,(H,31,35)(H2,28,29,30,34). The van der Waals surface area contributed by atoms with Crippen LogP contribution >= 0.6 is 0 Å². The average Bonchev–Trinajstić information content (AvgIpc) is 2.84. The highest BCUT2D eigenvalue weighted by Crippen LogP contribution is 2.24. The van der Waals surface area contributed by atoms with Gasteiger partial charge < -0.3 is 20.9 Å². The van der Waals surface area contributed by atoms with Gasteiger partial charge in [0.15, 0.2) is 0 Å². The lowest BCUT2D eigenvalue weighted by atomic mass is 10.0. The number of carbonyl (C=O) groups is 2. The van der Waals surface area contributed by atoms with Gasteiger partial charge in [-0.3, -0.25) is 9.88 Å². The van der Waals surface area contributed by atoms with E-state index in [-0.39, 0.29) is 12.1 Å². The third-order valence-corrected chi connectivity index (χ3v) is 6.29. The van der Waals surface area contributed by atoms with Crippen LogP contribution in [0.4, 0.5) is 21.0 Å². The van der Waals surface area contributed by atoms with Crippen molar-refractivity contribution in [3.05, 3.63) is 65.9 Å². The second-order valence-electron chi connectivity index (χ2n) is 9.21. The lowest BCUT2D eigenvalue weighted by molar-refractivity contribution is 0.148.